The number of hydrogen-bond donors (Lipinski definition) is 2. The van der Waals surface area contributed by atoms with Gasteiger partial charge < -0.3 is 19.7 Å². The van der Waals surface area contributed by atoms with E-state index < -0.39 is 34.4 Å². The van der Waals surface area contributed by atoms with Crippen LogP contribution in [0.2, 0.25) is 5.02 Å². The van der Waals surface area contributed by atoms with E-state index in [1.165, 1.54) is 41.3 Å². The highest BCUT2D eigenvalue weighted by Crippen LogP contribution is 2.21. The number of carbonyl (C=O) groups excluding carboxylic acids is 2. The number of ether oxygens (including phenoxy) is 2. The molecule has 1 atom stereocenters. The standard InChI is InChI=1S/C32H31ClFN3O6S/c1-22(32(39)35-19-24-5-3-4-6-30(24)33)37(20-23-7-13-27(42-2)14-8-23)31(38)21-43-28-15-17-29(18-16-28)44(40,41)36-26-11-9-25(34)10-12-26/h3-18,22,36H,19-21H2,1-2H3,(H,35,39)/t22-/m0/s1. The third kappa shape index (κ3) is 8.71. The minimum absolute atomic E-state index is 0.0505. The Bertz CT molecular complexity index is 1680. The maximum atomic E-state index is 13.4. The number of sulfonamides is 1. The van der Waals surface area contributed by atoms with Crippen molar-refractivity contribution in [2.75, 3.05) is 18.4 Å². The van der Waals surface area contributed by atoms with Gasteiger partial charge in [-0.25, -0.2) is 12.8 Å². The lowest BCUT2D eigenvalue weighted by molar-refractivity contribution is -0.142. The topological polar surface area (TPSA) is 114 Å². The van der Waals surface area contributed by atoms with Crippen molar-refractivity contribution in [3.05, 3.63) is 119 Å². The van der Waals surface area contributed by atoms with Crippen molar-refractivity contribution in [2.24, 2.45) is 0 Å². The molecule has 4 rings (SSSR count). The molecule has 9 nitrogen and oxygen atoms in total. The smallest absolute Gasteiger partial charge is 0.261 e. The summed E-state index contributed by atoms with van der Waals surface area (Å²) < 4.78 is 51.8. The van der Waals surface area contributed by atoms with Gasteiger partial charge in [0, 0.05) is 23.8 Å². The Morgan fingerprint density at radius 2 is 1.55 bits per heavy atom. The summed E-state index contributed by atoms with van der Waals surface area (Å²) in [4.78, 5) is 27.9. The molecule has 0 aliphatic rings. The van der Waals surface area contributed by atoms with Gasteiger partial charge in [0.25, 0.3) is 15.9 Å². The van der Waals surface area contributed by atoms with Gasteiger partial charge in [0.1, 0.15) is 23.4 Å². The molecule has 0 heterocycles. The summed E-state index contributed by atoms with van der Waals surface area (Å²) in [6, 6.07) is 23.8. The number of hydrogen-bond acceptors (Lipinski definition) is 6. The molecule has 0 aromatic heterocycles. The lowest BCUT2D eigenvalue weighted by atomic mass is 10.1. The summed E-state index contributed by atoms with van der Waals surface area (Å²) in [5.74, 6) is -0.428. The number of nitrogens with zero attached hydrogens (tertiary/aromatic N) is 1. The number of carbonyl (C=O) groups is 2. The first kappa shape index (κ1) is 32.3. The molecule has 4 aromatic rings. The molecule has 0 fully saturated rings. The van der Waals surface area contributed by atoms with Gasteiger partial charge >= 0.3 is 0 Å². The van der Waals surface area contributed by atoms with Gasteiger partial charge in [-0.2, -0.15) is 0 Å². The molecule has 0 radical (unpaired) electrons. The lowest BCUT2D eigenvalue weighted by Crippen LogP contribution is -2.48. The second-order valence-electron chi connectivity index (χ2n) is 9.73. The van der Waals surface area contributed by atoms with Gasteiger partial charge in [-0.3, -0.25) is 14.3 Å². The van der Waals surface area contributed by atoms with Crippen LogP contribution in [0.4, 0.5) is 10.1 Å². The van der Waals surface area contributed by atoms with E-state index in [0.29, 0.717) is 10.8 Å². The summed E-state index contributed by atoms with van der Waals surface area (Å²) >= 11 is 6.22. The lowest BCUT2D eigenvalue weighted by Gasteiger charge is -2.29. The average Bonchev–Trinajstić information content (AvgIpc) is 3.03. The normalized spacial score (nSPS) is 11.7. The van der Waals surface area contributed by atoms with E-state index in [0.717, 1.165) is 23.3 Å². The van der Waals surface area contributed by atoms with Crippen LogP contribution in [0.25, 0.3) is 0 Å². The highest BCUT2D eigenvalue weighted by Gasteiger charge is 2.27. The molecule has 2 amide bonds. The van der Waals surface area contributed by atoms with Crippen molar-refractivity contribution >= 4 is 39.1 Å². The maximum Gasteiger partial charge on any atom is 0.261 e. The van der Waals surface area contributed by atoms with Gasteiger partial charge in [-0.1, -0.05) is 41.9 Å². The van der Waals surface area contributed by atoms with Crippen molar-refractivity contribution in [1.82, 2.24) is 10.2 Å². The first-order valence-corrected chi connectivity index (χ1v) is 15.4. The highest BCUT2D eigenvalue weighted by molar-refractivity contribution is 7.92. The largest absolute Gasteiger partial charge is 0.497 e. The van der Waals surface area contributed by atoms with Crippen molar-refractivity contribution in [1.29, 1.82) is 0 Å². The van der Waals surface area contributed by atoms with Crippen LogP contribution < -0.4 is 19.5 Å². The fourth-order valence-electron chi connectivity index (χ4n) is 4.16. The van der Waals surface area contributed by atoms with Crippen LogP contribution in [0.15, 0.2) is 102 Å². The summed E-state index contributed by atoms with van der Waals surface area (Å²) in [7, 11) is -2.39. The summed E-state index contributed by atoms with van der Waals surface area (Å²) in [5.41, 5.74) is 1.72. The second kappa shape index (κ2) is 14.7. The van der Waals surface area contributed by atoms with E-state index in [1.807, 2.05) is 6.07 Å². The Kier molecular flexibility index (Phi) is 10.8. The van der Waals surface area contributed by atoms with Crippen molar-refractivity contribution in [3.63, 3.8) is 0 Å². The van der Waals surface area contributed by atoms with Crippen molar-refractivity contribution < 1.29 is 31.9 Å². The van der Waals surface area contributed by atoms with E-state index >= 15 is 0 Å². The van der Waals surface area contributed by atoms with E-state index in [1.54, 1.807) is 56.5 Å². The monoisotopic (exact) mass is 639 g/mol. The first-order valence-electron chi connectivity index (χ1n) is 13.5. The Hall–Kier alpha value is -4.61. The number of halogens is 2. The van der Waals surface area contributed by atoms with E-state index in [4.69, 9.17) is 21.1 Å². The van der Waals surface area contributed by atoms with Gasteiger partial charge in [-0.05, 0) is 84.8 Å². The Balaban J connectivity index is 1.43. The summed E-state index contributed by atoms with van der Waals surface area (Å²) in [5, 5.41) is 3.35. The van der Waals surface area contributed by atoms with E-state index in [9.17, 15) is 22.4 Å². The van der Waals surface area contributed by atoms with E-state index in [2.05, 4.69) is 10.0 Å². The molecular formula is C32H31ClFN3O6S. The number of anilines is 1. The minimum Gasteiger partial charge on any atom is -0.497 e. The van der Waals surface area contributed by atoms with Crippen LogP contribution in [-0.2, 0) is 32.7 Å². The Morgan fingerprint density at radius 3 is 2.18 bits per heavy atom. The summed E-state index contributed by atoms with van der Waals surface area (Å²) in [6.45, 7) is 1.53. The number of nitrogens with one attached hydrogen (secondary N) is 2. The fraction of sp³-hybridized carbons (Fsp3) is 0.188. The molecule has 230 valence electrons. The third-order valence-electron chi connectivity index (χ3n) is 6.68. The number of amides is 2. The number of methoxy groups -OCH3 is 1. The molecule has 0 spiro atoms. The predicted molar refractivity (Wildman–Crippen MR) is 165 cm³/mol. The maximum absolute atomic E-state index is 13.4. The van der Waals surface area contributed by atoms with Crippen molar-refractivity contribution in [2.45, 2.75) is 31.0 Å². The zero-order chi connectivity index (χ0) is 31.7. The molecule has 0 unspecified atom stereocenters. The van der Waals surface area contributed by atoms with Gasteiger partial charge in [0.2, 0.25) is 5.91 Å². The van der Waals surface area contributed by atoms with Crippen LogP contribution in [-0.4, -0.2) is 44.9 Å². The fourth-order valence-corrected chi connectivity index (χ4v) is 5.42. The third-order valence-corrected chi connectivity index (χ3v) is 8.45. The van der Waals surface area contributed by atoms with Gasteiger partial charge in [0.15, 0.2) is 6.61 Å². The molecule has 0 saturated heterocycles. The zero-order valence-electron chi connectivity index (χ0n) is 24.0. The molecule has 0 aliphatic carbocycles. The SMILES string of the molecule is COc1ccc(CN(C(=O)COc2ccc(S(=O)(=O)Nc3ccc(F)cc3)cc2)[C@@H](C)C(=O)NCc2ccccc2Cl)cc1. The molecular weight excluding hydrogens is 609 g/mol. The molecule has 2 N–H and O–H groups in total. The predicted octanol–water partition coefficient (Wildman–Crippen LogP) is 5.40. The van der Waals surface area contributed by atoms with Crippen LogP contribution in [0.5, 0.6) is 11.5 Å². The Morgan fingerprint density at radius 1 is 0.909 bits per heavy atom. The molecule has 0 saturated carbocycles. The van der Waals surface area contributed by atoms with Crippen LogP contribution in [0, 0.1) is 5.82 Å². The molecule has 12 heteroatoms. The quantitative estimate of drug-likeness (QED) is 0.203. The van der Waals surface area contributed by atoms with Crippen LogP contribution >= 0.6 is 11.6 Å². The molecule has 4 aromatic carbocycles. The first-order chi connectivity index (χ1) is 21.1. The zero-order valence-corrected chi connectivity index (χ0v) is 25.6. The van der Waals surface area contributed by atoms with Crippen molar-refractivity contribution in [3.8, 4) is 11.5 Å². The van der Waals surface area contributed by atoms with E-state index in [-0.39, 0.29) is 35.3 Å². The highest BCUT2D eigenvalue weighted by atomic mass is 35.5. The molecule has 0 bridgehead atoms. The van der Waals surface area contributed by atoms with Crippen LogP contribution in [0.3, 0.4) is 0 Å². The summed E-state index contributed by atoms with van der Waals surface area (Å²) in [6.07, 6.45) is 0. The number of benzene rings is 4. The average molecular weight is 640 g/mol. The van der Waals surface area contributed by atoms with Gasteiger partial charge in [0.05, 0.1) is 12.0 Å². The molecule has 44 heavy (non-hydrogen) atoms. The number of rotatable bonds is 13. The van der Waals surface area contributed by atoms with Gasteiger partial charge in [-0.15, -0.1) is 0 Å². The molecule has 0 aliphatic heterocycles. The minimum atomic E-state index is -3.94. The Labute approximate surface area is 260 Å². The second-order valence-corrected chi connectivity index (χ2v) is 11.8. The van der Waals surface area contributed by atoms with Crippen LogP contribution in [0.1, 0.15) is 18.1 Å².